The molecule has 0 atom stereocenters. The molecule has 0 unspecified atom stereocenters. The summed E-state index contributed by atoms with van der Waals surface area (Å²) in [6.07, 6.45) is 5.61. The second-order valence-corrected chi connectivity index (χ2v) is 5.89. The third-order valence-electron chi connectivity index (χ3n) is 4.34. The fourth-order valence-electron chi connectivity index (χ4n) is 2.78. The normalized spacial score (nSPS) is 14.6. The van der Waals surface area contributed by atoms with Crippen molar-refractivity contribution in [1.82, 2.24) is 20.0 Å². The van der Waals surface area contributed by atoms with E-state index in [1.807, 2.05) is 41.1 Å². The van der Waals surface area contributed by atoms with Crippen molar-refractivity contribution in [3.05, 3.63) is 71.7 Å². The third-order valence-corrected chi connectivity index (χ3v) is 4.34. The van der Waals surface area contributed by atoms with Crippen LogP contribution in [0.1, 0.15) is 27.4 Å². The molecule has 1 aliphatic rings. The second-order valence-electron chi connectivity index (χ2n) is 5.89. The van der Waals surface area contributed by atoms with Crippen LogP contribution in [0.3, 0.4) is 0 Å². The van der Waals surface area contributed by atoms with E-state index < -0.39 is 0 Å². The number of benzene rings is 1. The van der Waals surface area contributed by atoms with Crippen molar-refractivity contribution < 1.29 is 4.79 Å². The minimum atomic E-state index is -0.0495. The molecule has 1 aliphatic heterocycles. The predicted octanol–water partition coefficient (Wildman–Crippen LogP) is 1.95. The number of carbonyl (C=O) groups excluding carboxylic acids is 1. The molecule has 0 radical (unpaired) electrons. The van der Waals surface area contributed by atoms with Crippen molar-refractivity contribution in [2.45, 2.75) is 12.5 Å². The summed E-state index contributed by atoms with van der Waals surface area (Å²) in [5.41, 5.74) is 3.91. The van der Waals surface area contributed by atoms with E-state index in [1.54, 1.807) is 6.20 Å². The molecule has 0 saturated carbocycles. The zero-order valence-electron chi connectivity index (χ0n) is 12.7. The highest BCUT2D eigenvalue weighted by atomic mass is 16.1. The highest BCUT2D eigenvalue weighted by Gasteiger charge is 2.18. The van der Waals surface area contributed by atoms with E-state index >= 15 is 0 Å². The van der Waals surface area contributed by atoms with Gasteiger partial charge in [-0.1, -0.05) is 12.1 Å². The molecule has 3 aromatic rings. The van der Waals surface area contributed by atoms with Gasteiger partial charge in [-0.2, -0.15) is 0 Å². The van der Waals surface area contributed by atoms with Crippen molar-refractivity contribution in [3.8, 4) is 0 Å². The van der Waals surface area contributed by atoms with Crippen molar-refractivity contribution in [1.29, 1.82) is 0 Å². The van der Waals surface area contributed by atoms with Gasteiger partial charge in [0.25, 0.3) is 5.91 Å². The van der Waals surface area contributed by atoms with Gasteiger partial charge < -0.3 is 15.0 Å². The molecule has 0 spiro atoms. The number of rotatable bonds is 4. The molecule has 1 saturated heterocycles. The lowest BCUT2D eigenvalue weighted by Gasteiger charge is -2.27. The maximum Gasteiger partial charge on any atom is 0.251 e. The second kappa shape index (κ2) is 5.85. The number of fused-ring (bicyclic) bond motifs is 1. The number of hydrogen-bond acceptors (Lipinski definition) is 3. The number of nitrogens with zero attached hydrogens (tertiary/aromatic N) is 2. The topological polar surface area (TPSA) is 58.4 Å². The summed E-state index contributed by atoms with van der Waals surface area (Å²) < 4.78 is 1.94. The molecule has 2 aromatic heterocycles. The Balaban J connectivity index is 1.40. The Labute approximate surface area is 134 Å². The number of carbonyl (C=O) groups is 1. The van der Waals surface area contributed by atoms with E-state index in [1.165, 1.54) is 5.56 Å². The molecule has 1 aromatic carbocycles. The molecule has 23 heavy (non-hydrogen) atoms. The van der Waals surface area contributed by atoms with Crippen LogP contribution in [0.15, 0.2) is 55.0 Å². The maximum absolute atomic E-state index is 12.3. The first-order valence-corrected chi connectivity index (χ1v) is 7.80. The zero-order chi connectivity index (χ0) is 15.6. The molecule has 5 heteroatoms. The largest absolute Gasteiger partial charge is 0.348 e. The van der Waals surface area contributed by atoms with Gasteiger partial charge in [0.15, 0.2) is 0 Å². The van der Waals surface area contributed by atoms with Gasteiger partial charge in [-0.15, -0.1) is 0 Å². The van der Waals surface area contributed by atoms with E-state index in [0.717, 1.165) is 24.3 Å². The van der Waals surface area contributed by atoms with Gasteiger partial charge in [0, 0.05) is 49.7 Å². The van der Waals surface area contributed by atoms with Crippen molar-refractivity contribution in [2.24, 2.45) is 0 Å². The lowest BCUT2D eigenvalue weighted by molar-refractivity contribution is 0.0951. The van der Waals surface area contributed by atoms with Crippen LogP contribution in [-0.4, -0.2) is 28.4 Å². The first-order chi connectivity index (χ1) is 11.3. The summed E-state index contributed by atoms with van der Waals surface area (Å²) in [5.74, 6) is 0.542. The van der Waals surface area contributed by atoms with Gasteiger partial charge in [-0.25, -0.2) is 4.98 Å². The van der Waals surface area contributed by atoms with E-state index in [0.29, 0.717) is 18.0 Å². The number of amides is 1. The van der Waals surface area contributed by atoms with Crippen molar-refractivity contribution in [3.63, 3.8) is 0 Å². The Morgan fingerprint density at radius 2 is 2.04 bits per heavy atom. The predicted molar refractivity (Wildman–Crippen MR) is 88.4 cm³/mol. The SMILES string of the molecule is O=C(NCc1ccn2ccnc2c1)c1ccc(C2CNC2)cc1. The minimum Gasteiger partial charge on any atom is -0.348 e. The van der Waals surface area contributed by atoms with Gasteiger partial charge in [-0.3, -0.25) is 4.79 Å². The molecule has 4 rings (SSSR count). The average molecular weight is 306 g/mol. The third kappa shape index (κ3) is 2.83. The van der Waals surface area contributed by atoms with Crippen LogP contribution in [0, 0.1) is 0 Å². The summed E-state index contributed by atoms with van der Waals surface area (Å²) in [5, 5.41) is 6.22. The van der Waals surface area contributed by atoms with Gasteiger partial charge in [-0.05, 0) is 35.4 Å². The van der Waals surface area contributed by atoms with E-state index in [-0.39, 0.29) is 5.91 Å². The number of nitrogens with one attached hydrogen (secondary N) is 2. The monoisotopic (exact) mass is 306 g/mol. The summed E-state index contributed by atoms with van der Waals surface area (Å²) >= 11 is 0. The highest BCUT2D eigenvalue weighted by molar-refractivity contribution is 5.94. The van der Waals surface area contributed by atoms with E-state index in [9.17, 15) is 4.79 Å². The van der Waals surface area contributed by atoms with Crippen LogP contribution in [0.5, 0.6) is 0 Å². The van der Waals surface area contributed by atoms with Crippen LogP contribution >= 0.6 is 0 Å². The summed E-state index contributed by atoms with van der Waals surface area (Å²) in [6.45, 7) is 2.56. The zero-order valence-corrected chi connectivity index (χ0v) is 12.7. The molecule has 5 nitrogen and oxygen atoms in total. The van der Waals surface area contributed by atoms with Gasteiger partial charge >= 0.3 is 0 Å². The van der Waals surface area contributed by atoms with Gasteiger partial charge in [0.2, 0.25) is 0 Å². The Hall–Kier alpha value is -2.66. The standard InChI is InChI=1S/C18H18N4O/c23-18(15-3-1-14(2-4-15)16-11-19-12-16)21-10-13-5-7-22-8-6-20-17(22)9-13/h1-9,16,19H,10-12H2,(H,21,23). The van der Waals surface area contributed by atoms with Crippen LogP contribution in [0.4, 0.5) is 0 Å². The molecular weight excluding hydrogens is 288 g/mol. The number of hydrogen-bond donors (Lipinski definition) is 2. The van der Waals surface area contributed by atoms with E-state index in [2.05, 4.69) is 27.8 Å². The Morgan fingerprint density at radius 3 is 2.78 bits per heavy atom. The van der Waals surface area contributed by atoms with Crippen LogP contribution in [0.2, 0.25) is 0 Å². The molecule has 0 aliphatic carbocycles. The van der Waals surface area contributed by atoms with Crippen LogP contribution in [-0.2, 0) is 6.54 Å². The molecule has 3 heterocycles. The fraction of sp³-hybridized carbons (Fsp3) is 0.222. The smallest absolute Gasteiger partial charge is 0.251 e. The first kappa shape index (κ1) is 14.0. The van der Waals surface area contributed by atoms with Gasteiger partial charge in [0.05, 0.1) is 0 Å². The summed E-state index contributed by atoms with van der Waals surface area (Å²) in [6, 6.07) is 11.9. The van der Waals surface area contributed by atoms with Crippen LogP contribution < -0.4 is 10.6 Å². The Bertz CT molecular complexity index is 834. The van der Waals surface area contributed by atoms with Crippen molar-refractivity contribution in [2.75, 3.05) is 13.1 Å². The molecule has 1 amide bonds. The number of imidazole rings is 1. The number of aromatic nitrogens is 2. The lowest BCUT2D eigenvalue weighted by atomic mass is 9.93. The molecule has 0 bridgehead atoms. The quantitative estimate of drug-likeness (QED) is 0.774. The molecule has 116 valence electrons. The van der Waals surface area contributed by atoms with E-state index in [4.69, 9.17) is 0 Å². The van der Waals surface area contributed by atoms with Gasteiger partial charge in [0.1, 0.15) is 5.65 Å². The van der Waals surface area contributed by atoms with Crippen LogP contribution in [0.25, 0.3) is 5.65 Å². The summed E-state index contributed by atoms with van der Waals surface area (Å²) in [7, 11) is 0. The first-order valence-electron chi connectivity index (χ1n) is 7.80. The molecule has 1 fully saturated rings. The number of pyridine rings is 1. The lowest BCUT2D eigenvalue weighted by Crippen LogP contribution is -2.39. The average Bonchev–Trinajstić information content (AvgIpc) is 2.99. The fourth-order valence-corrected chi connectivity index (χ4v) is 2.78. The summed E-state index contributed by atoms with van der Waals surface area (Å²) in [4.78, 5) is 16.5. The Morgan fingerprint density at radius 1 is 1.22 bits per heavy atom. The molecular formula is C18H18N4O. The Kier molecular flexibility index (Phi) is 3.55. The molecule has 2 N–H and O–H groups in total. The maximum atomic E-state index is 12.3. The minimum absolute atomic E-state index is 0.0495. The van der Waals surface area contributed by atoms with Crippen molar-refractivity contribution >= 4 is 11.6 Å². The highest BCUT2D eigenvalue weighted by Crippen LogP contribution is 2.20.